The van der Waals surface area contributed by atoms with Gasteiger partial charge in [0.15, 0.2) is 11.5 Å². The lowest BCUT2D eigenvalue weighted by Crippen LogP contribution is -2.23. The summed E-state index contributed by atoms with van der Waals surface area (Å²) in [5.74, 6) is 1.95. The first-order chi connectivity index (χ1) is 14.2. The predicted octanol–water partition coefficient (Wildman–Crippen LogP) is 5.57. The second-order valence-corrected chi connectivity index (χ2v) is 9.43. The van der Waals surface area contributed by atoms with Crippen LogP contribution in [-0.2, 0) is 0 Å². The molecule has 30 heavy (non-hydrogen) atoms. The number of rotatable bonds is 6. The van der Waals surface area contributed by atoms with Crippen LogP contribution in [0, 0.1) is 3.57 Å². The topological polar surface area (TPSA) is 65.7 Å². The van der Waals surface area contributed by atoms with Gasteiger partial charge in [0.1, 0.15) is 5.82 Å². The van der Waals surface area contributed by atoms with E-state index >= 15 is 0 Å². The summed E-state index contributed by atoms with van der Waals surface area (Å²) >= 11 is 5.63. The third-order valence-corrected chi connectivity index (χ3v) is 5.57. The lowest BCUT2D eigenvalue weighted by molar-refractivity contribution is 0.228. The summed E-state index contributed by atoms with van der Waals surface area (Å²) in [7, 11) is 1.60. The smallest absolute Gasteiger partial charge is 0.282 e. The number of benzene rings is 2. The molecule has 0 aliphatic carbocycles. The maximum absolute atomic E-state index is 13.1. The van der Waals surface area contributed by atoms with Gasteiger partial charge in [-0.3, -0.25) is 4.79 Å². The van der Waals surface area contributed by atoms with Crippen LogP contribution in [0.15, 0.2) is 44.7 Å². The van der Waals surface area contributed by atoms with Crippen LogP contribution in [0.5, 0.6) is 11.5 Å². The van der Waals surface area contributed by atoms with Crippen LogP contribution < -0.4 is 15.0 Å². The van der Waals surface area contributed by atoms with Crippen molar-refractivity contribution < 1.29 is 9.47 Å². The molecule has 0 saturated heterocycles. The maximum atomic E-state index is 13.1. The van der Waals surface area contributed by atoms with Crippen LogP contribution in [-0.4, -0.2) is 29.1 Å². The molecule has 3 rings (SSSR count). The van der Waals surface area contributed by atoms with Gasteiger partial charge in [0.05, 0.1) is 33.9 Å². The van der Waals surface area contributed by atoms with Crippen LogP contribution in [0.4, 0.5) is 0 Å². The highest BCUT2D eigenvalue weighted by Gasteiger charge is 2.15. The van der Waals surface area contributed by atoms with Crippen LogP contribution >= 0.6 is 38.5 Å². The van der Waals surface area contributed by atoms with Gasteiger partial charge in [-0.1, -0.05) is 29.8 Å². The number of aromatic nitrogens is 2. The molecule has 0 aliphatic heterocycles. The van der Waals surface area contributed by atoms with E-state index in [4.69, 9.17) is 9.47 Å². The maximum Gasteiger partial charge on any atom is 0.282 e. The summed E-state index contributed by atoms with van der Waals surface area (Å²) in [6.07, 6.45) is 1.67. The van der Waals surface area contributed by atoms with E-state index in [0.29, 0.717) is 28.2 Å². The first-order valence-corrected chi connectivity index (χ1v) is 11.4. The van der Waals surface area contributed by atoms with Gasteiger partial charge in [-0.05, 0) is 72.3 Å². The molecule has 0 N–H and O–H groups in total. The van der Waals surface area contributed by atoms with Gasteiger partial charge in [0.2, 0.25) is 0 Å². The normalized spacial score (nSPS) is 11.8. The van der Waals surface area contributed by atoms with E-state index < -0.39 is 0 Å². The molecule has 0 aliphatic rings. The molecule has 0 saturated carbocycles. The zero-order valence-corrected chi connectivity index (χ0v) is 21.2. The zero-order valence-electron chi connectivity index (χ0n) is 17.4. The lowest BCUT2D eigenvalue weighted by Gasteiger charge is -2.16. The van der Waals surface area contributed by atoms with Crippen molar-refractivity contribution >= 4 is 55.6 Å². The number of hydrogen-bond donors (Lipinski definition) is 0. The lowest BCUT2D eigenvalue weighted by atomic mass is 10.2. The number of nitrogens with zero attached hydrogens (tertiary/aromatic N) is 3. The third kappa shape index (κ3) is 4.85. The van der Waals surface area contributed by atoms with Crippen molar-refractivity contribution in [3.63, 3.8) is 0 Å². The summed E-state index contributed by atoms with van der Waals surface area (Å²) < 4.78 is 14.5. The van der Waals surface area contributed by atoms with Gasteiger partial charge >= 0.3 is 0 Å². The number of fused-ring (bicyclic) bond motifs is 1. The van der Waals surface area contributed by atoms with E-state index in [1.807, 2.05) is 52.0 Å². The van der Waals surface area contributed by atoms with Gasteiger partial charge < -0.3 is 9.47 Å². The monoisotopic (exact) mass is 583 g/mol. The molecule has 0 unspecified atom stereocenters. The highest BCUT2D eigenvalue weighted by molar-refractivity contribution is 14.1. The molecule has 1 aromatic heterocycles. The van der Waals surface area contributed by atoms with E-state index in [1.54, 1.807) is 19.4 Å². The number of hydrogen-bond acceptors (Lipinski definition) is 5. The van der Waals surface area contributed by atoms with Crippen LogP contribution in [0.3, 0.4) is 0 Å². The van der Waals surface area contributed by atoms with Gasteiger partial charge in [-0.25, -0.2) is 4.98 Å². The molecule has 1 heterocycles. The minimum Gasteiger partial charge on any atom is -0.493 e. The number of methoxy groups -OCH3 is 1. The number of ether oxygens (including phenoxy) is 2. The van der Waals surface area contributed by atoms with Crippen LogP contribution in [0.25, 0.3) is 10.9 Å². The summed E-state index contributed by atoms with van der Waals surface area (Å²) in [6, 6.07) is 9.26. The Morgan fingerprint density at radius 1 is 1.20 bits per heavy atom. The summed E-state index contributed by atoms with van der Waals surface area (Å²) in [5, 5.41) is 5.00. The molecule has 0 atom stereocenters. The molecule has 158 valence electrons. The fourth-order valence-corrected chi connectivity index (χ4v) is 4.05. The molecule has 6 nitrogen and oxygen atoms in total. The Labute approximate surface area is 197 Å². The molecule has 0 amide bonds. The Balaban J connectivity index is 2.11. The highest BCUT2D eigenvalue weighted by Crippen LogP contribution is 2.34. The fourth-order valence-electron chi connectivity index (χ4n) is 2.94. The molecule has 0 radical (unpaired) electrons. The van der Waals surface area contributed by atoms with Gasteiger partial charge in [-0.2, -0.15) is 9.78 Å². The highest BCUT2D eigenvalue weighted by atomic mass is 127. The standard InChI is InChI=1S/C22H23BrIN3O3/c1-12(2)21-26-18-7-6-15(23)10-16(18)22(28)27(21)25-11-14-8-17(24)20(30-13(3)4)19(9-14)29-5/h6-13H,1-5H3. The second kappa shape index (κ2) is 9.47. The minimum atomic E-state index is -0.206. The zero-order chi connectivity index (χ0) is 22.0. The second-order valence-electron chi connectivity index (χ2n) is 7.35. The molecule has 3 aromatic rings. The average Bonchev–Trinajstić information content (AvgIpc) is 2.68. The Bertz CT molecular complexity index is 1170. The van der Waals surface area contributed by atoms with Gasteiger partial charge in [-0.15, -0.1) is 0 Å². The molecule has 0 spiro atoms. The largest absolute Gasteiger partial charge is 0.493 e. The van der Waals surface area contributed by atoms with Gasteiger partial charge in [0, 0.05) is 10.4 Å². The Kier molecular flexibility index (Phi) is 7.18. The van der Waals surface area contributed by atoms with E-state index in [2.05, 4.69) is 48.6 Å². The average molecular weight is 584 g/mol. The van der Waals surface area contributed by atoms with E-state index in [9.17, 15) is 4.79 Å². The van der Waals surface area contributed by atoms with Gasteiger partial charge in [0.25, 0.3) is 5.56 Å². The van der Waals surface area contributed by atoms with E-state index in [1.165, 1.54) is 4.68 Å². The van der Waals surface area contributed by atoms with Crippen molar-refractivity contribution in [2.75, 3.05) is 7.11 Å². The predicted molar refractivity (Wildman–Crippen MR) is 132 cm³/mol. The van der Waals surface area contributed by atoms with Crippen molar-refractivity contribution in [1.29, 1.82) is 0 Å². The van der Waals surface area contributed by atoms with Crippen molar-refractivity contribution in [2.45, 2.75) is 39.7 Å². The fraction of sp³-hybridized carbons (Fsp3) is 0.318. The van der Waals surface area contributed by atoms with Crippen LogP contribution in [0.1, 0.15) is 45.0 Å². The summed E-state index contributed by atoms with van der Waals surface area (Å²) in [6.45, 7) is 7.91. The molecular weight excluding hydrogens is 561 g/mol. The third-order valence-electron chi connectivity index (χ3n) is 4.28. The van der Waals surface area contributed by atoms with Crippen molar-refractivity contribution in [2.24, 2.45) is 5.10 Å². The number of halogens is 2. The van der Waals surface area contributed by atoms with Crippen molar-refractivity contribution in [3.05, 3.63) is 60.1 Å². The molecule has 0 bridgehead atoms. The minimum absolute atomic E-state index is 0.0272. The SMILES string of the molecule is COc1cc(C=Nn2c(C(C)C)nc3ccc(Br)cc3c2=O)cc(I)c1OC(C)C. The Morgan fingerprint density at radius 2 is 1.93 bits per heavy atom. The molecule has 8 heteroatoms. The first-order valence-electron chi connectivity index (χ1n) is 9.52. The molecule has 0 fully saturated rings. The van der Waals surface area contributed by atoms with Crippen molar-refractivity contribution in [3.8, 4) is 11.5 Å². The van der Waals surface area contributed by atoms with Crippen molar-refractivity contribution in [1.82, 2.24) is 9.66 Å². The van der Waals surface area contributed by atoms with E-state index in [0.717, 1.165) is 13.6 Å². The molecule has 2 aromatic carbocycles. The van der Waals surface area contributed by atoms with Crippen LogP contribution in [0.2, 0.25) is 0 Å². The Hall–Kier alpha value is -1.94. The Morgan fingerprint density at radius 3 is 2.57 bits per heavy atom. The quantitative estimate of drug-likeness (QED) is 0.281. The molecular formula is C22H23BrIN3O3. The summed E-state index contributed by atoms with van der Waals surface area (Å²) in [4.78, 5) is 17.8. The first kappa shape index (κ1) is 22.7. The summed E-state index contributed by atoms with van der Waals surface area (Å²) in [5.41, 5.74) is 1.25. The van der Waals surface area contributed by atoms with E-state index in [-0.39, 0.29) is 17.6 Å².